The summed E-state index contributed by atoms with van der Waals surface area (Å²) >= 11 is 0. The Morgan fingerprint density at radius 1 is 0.889 bits per heavy atom. The third-order valence-corrected chi connectivity index (χ3v) is 1.80. The first kappa shape index (κ1) is 16.9. The Kier molecular flexibility index (Phi) is 4.94. The average Bonchev–Trinajstić information content (AvgIpc) is 1.94. The van der Waals surface area contributed by atoms with E-state index in [2.05, 4.69) is 0 Å². The first-order valence-corrected chi connectivity index (χ1v) is 5.97. The highest BCUT2D eigenvalue weighted by Gasteiger charge is 2.36. The van der Waals surface area contributed by atoms with E-state index in [1.807, 2.05) is 0 Å². The molecule has 0 aromatic rings. The van der Waals surface area contributed by atoms with Crippen LogP contribution in [0.3, 0.4) is 0 Å². The maximum absolute atomic E-state index is 11.8. The van der Waals surface area contributed by atoms with Gasteiger partial charge in [0.25, 0.3) is 0 Å². The van der Waals surface area contributed by atoms with Crippen LogP contribution in [0.25, 0.3) is 0 Å². The molecule has 18 heavy (non-hydrogen) atoms. The van der Waals surface area contributed by atoms with Crippen molar-refractivity contribution in [1.82, 2.24) is 0 Å². The number of ether oxygens (including phenoxy) is 2. The second-order valence-electron chi connectivity index (χ2n) is 6.68. The average molecular weight is 259 g/mol. The van der Waals surface area contributed by atoms with E-state index in [0.29, 0.717) is 0 Å². The van der Waals surface area contributed by atoms with E-state index in [4.69, 9.17) is 15.2 Å². The van der Waals surface area contributed by atoms with Gasteiger partial charge in [0.2, 0.25) is 0 Å². The number of carbonyl (C=O) groups excluding carboxylic acids is 2. The van der Waals surface area contributed by atoms with Crippen LogP contribution in [0.1, 0.15) is 54.9 Å². The summed E-state index contributed by atoms with van der Waals surface area (Å²) in [5, 5.41) is 0. The second kappa shape index (κ2) is 5.26. The molecule has 0 aliphatic carbocycles. The molecule has 0 spiro atoms. The predicted octanol–water partition coefficient (Wildman–Crippen LogP) is 1.78. The standard InChI is InChI=1S/C13H25NO4/c1-11(2,3)17-9(15)8-13(7,14)10(16)18-12(4,5)6/h8,14H2,1-7H3/t13-/m1/s1. The molecule has 0 rings (SSSR count). The Bertz CT molecular complexity index is 321. The molecular formula is C13H25NO4. The Morgan fingerprint density at radius 3 is 1.61 bits per heavy atom. The smallest absolute Gasteiger partial charge is 0.326 e. The van der Waals surface area contributed by atoms with Gasteiger partial charge in [0.05, 0.1) is 6.42 Å². The fourth-order valence-electron chi connectivity index (χ4n) is 1.14. The van der Waals surface area contributed by atoms with Crippen LogP contribution >= 0.6 is 0 Å². The van der Waals surface area contributed by atoms with E-state index in [1.54, 1.807) is 41.5 Å². The summed E-state index contributed by atoms with van der Waals surface area (Å²) in [6.07, 6.45) is -0.209. The second-order valence-corrected chi connectivity index (χ2v) is 6.68. The van der Waals surface area contributed by atoms with Crippen LogP contribution in [0.4, 0.5) is 0 Å². The summed E-state index contributed by atoms with van der Waals surface area (Å²) in [6, 6.07) is 0. The molecule has 0 saturated heterocycles. The minimum Gasteiger partial charge on any atom is -0.460 e. The fourth-order valence-corrected chi connectivity index (χ4v) is 1.14. The molecule has 0 amide bonds. The van der Waals surface area contributed by atoms with Gasteiger partial charge in [-0.15, -0.1) is 0 Å². The Labute approximate surface area is 109 Å². The SMILES string of the molecule is CC(C)(C)OC(=O)C[C@@](C)(N)C(=O)OC(C)(C)C. The van der Waals surface area contributed by atoms with Gasteiger partial charge < -0.3 is 15.2 Å². The molecule has 0 aromatic carbocycles. The fraction of sp³-hybridized carbons (Fsp3) is 0.846. The maximum atomic E-state index is 11.8. The van der Waals surface area contributed by atoms with Crippen molar-refractivity contribution in [3.05, 3.63) is 0 Å². The molecule has 0 aliphatic rings. The van der Waals surface area contributed by atoms with Crippen molar-refractivity contribution in [2.45, 2.75) is 71.6 Å². The summed E-state index contributed by atoms with van der Waals surface area (Å²) in [7, 11) is 0. The van der Waals surface area contributed by atoms with E-state index >= 15 is 0 Å². The molecule has 0 radical (unpaired) electrons. The van der Waals surface area contributed by atoms with Gasteiger partial charge in [0.15, 0.2) is 0 Å². The van der Waals surface area contributed by atoms with E-state index in [-0.39, 0.29) is 6.42 Å². The van der Waals surface area contributed by atoms with Crippen molar-refractivity contribution >= 4 is 11.9 Å². The van der Waals surface area contributed by atoms with Gasteiger partial charge in [-0.25, -0.2) is 0 Å². The lowest BCUT2D eigenvalue weighted by atomic mass is 9.99. The maximum Gasteiger partial charge on any atom is 0.326 e. The molecule has 2 N–H and O–H groups in total. The Hall–Kier alpha value is -1.10. The summed E-state index contributed by atoms with van der Waals surface area (Å²) in [4.78, 5) is 23.5. The van der Waals surface area contributed by atoms with Gasteiger partial charge in [-0.2, -0.15) is 0 Å². The normalized spacial score (nSPS) is 15.8. The van der Waals surface area contributed by atoms with Crippen LogP contribution < -0.4 is 5.73 Å². The molecule has 0 heterocycles. The molecule has 1 atom stereocenters. The number of hydrogen-bond acceptors (Lipinski definition) is 5. The first-order valence-electron chi connectivity index (χ1n) is 5.97. The molecule has 0 bridgehead atoms. The lowest BCUT2D eigenvalue weighted by Gasteiger charge is -2.28. The molecule has 0 fully saturated rings. The zero-order valence-corrected chi connectivity index (χ0v) is 12.4. The molecule has 5 nitrogen and oxygen atoms in total. The van der Waals surface area contributed by atoms with Gasteiger partial charge in [-0.05, 0) is 48.5 Å². The number of carbonyl (C=O) groups is 2. The molecule has 106 valence electrons. The highest BCUT2D eigenvalue weighted by Crippen LogP contribution is 2.17. The summed E-state index contributed by atoms with van der Waals surface area (Å²) < 4.78 is 10.3. The number of nitrogens with two attached hydrogens (primary N) is 1. The highest BCUT2D eigenvalue weighted by molar-refractivity contribution is 5.86. The van der Waals surface area contributed by atoms with Crippen LogP contribution in [0, 0.1) is 0 Å². The van der Waals surface area contributed by atoms with Crippen molar-refractivity contribution in [3.8, 4) is 0 Å². The molecule has 0 aliphatic heterocycles. The van der Waals surface area contributed by atoms with E-state index in [9.17, 15) is 9.59 Å². The van der Waals surface area contributed by atoms with Crippen LogP contribution in [0.15, 0.2) is 0 Å². The molecule has 0 aromatic heterocycles. The zero-order valence-electron chi connectivity index (χ0n) is 12.4. The lowest BCUT2D eigenvalue weighted by Crippen LogP contribution is -2.50. The van der Waals surface area contributed by atoms with E-state index < -0.39 is 28.7 Å². The minimum absolute atomic E-state index is 0.209. The van der Waals surface area contributed by atoms with Gasteiger partial charge in [0.1, 0.15) is 16.7 Å². The van der Waals surface area contributed by atoms with E-state index in [1.165, 1.54) is 6.92 Å². The van der Waals surface area contributed by atoms with Crippen LogP contribution in [0.2, 0.25) is 0 Å². The Balaban J connectivity index is 4.56. The van der Waals surface area contributed by atoms with Crippen molar-refractivity contribution in [2.24, 2.45) is 5.73 Å². The summed E-state index contributed by atoms with van der Waals surface area (Å²) in [6.45, 7) is 12.0. The number of esters is 2. The van der Waals surface area contributed by atoms with Crippen molar-refractivity contribution in [3.63, 3.8) is 0 Å². The molecule has 0 unspecified atom stereocenters. The monoisotopic (exact) mass is 259 g/mol. The summed E-state index contributed by atoms with van der Waals surface area (Å²) in [5.74, 6) is -1.13. The molecule has 0 saturated carbocycles. The van der Waals surface area contributed by atoms with Crippen molar-refractivity contribution in [1.29, 1.82) is 0 Å². The van der Waals surface area contributed by atoms with Crippen LogP contribution in [-0.2, 0) is 19.1 Å². The lowest BCUT2D eigenvalue weighted by molar-refractivity contribution is -0.168. The number of rotatable bonds is 3. The van der Waals surface area contributed by atoms with Crippen molar-refractivity contribution in [2.75, 3.05) is 0 Å². The van der Waals surface area contributed by atoms with Crippen LogP contribution in [-0.4, -0.2) is 28.7 Å². The topological polar surface area (TPSA) is 78.6 Å². The third-order valence-electron chi connectivity index (χ3n) is 1.80. The zero-order chi connectivity index (χ0) is 14.8. The number of hydrogen-bond donors (Lipinski definition) is 1. The molecular weight excluding hydrogens is 234 g/mol. The predicted molar refractivity (Wildman–Crippen MR) is 68.9 cm³/mol. The Morgan fingerprint density at radius 2 is 1.28 bits per heavy atom. The van der Waals surface area contributed by atoms with Crippen LogP contribution in [0.5, 0.6) is 0 Å². The van der Waals surface area contributed by atoms with Gasteiger partial charge >= 0.3 is 11.9 Å². The third kappa shape index (κ3) is 7.27. The van der Waals surface area contributed by atoms with Crippen molar-refractivity contribution < 1.29 is 19.1 Å². The van der Waals surface area contributed by atoms with E-state index in [0.717, 1.165) is 0 Å². The van der Waals surface area contributed by atoms with Gasteiger partial charge in [-0.3, -0.25) is 9.59 Å². The largest absolute Gasteiger partial charge is 0.460 e. The first-order chi connectivity index (χ1) is 7.73. The summed E-state index contributed by atoms with van der Waals surface area (Å²) in [5.41, 5.74) is 3.20. The quantitative estimate of drug-likeness (QED) is 0.781. The van der Waals surface area contributed by atoms with Gasteiger partial charge in [0, 0.05) is 0 Å². The molecule has 5 heteroatoms. The highest BCUT2D eigenvalue weighted by atomic mass is 16.6. The minimum atomic E-state index is -1.38. The van der Waals surface area contributed by atoms with Gasteiger partial charge in [-0.1, -0.05) is 0 Å².